The number of likely N-dealkylation sites (tertiary alicyclic amines) is 1. The molecule has 0 aliphatic carbocycles. The van der Waals surface area contributed by atoms with E-state index in [1.54, 1.807) is 0 Å². The van der Waals surface area contributed by atoms with Gasteiger partial charge in [0.1, 0.15) is 11.5 Å². The van der Waals surface area contributed by atoms with Gasteiger partial charge in [0.25, 0.3) is 0 Å². The fourth-order valence-corrected chi connectivity index (χ4v) is 2.07. The second-order valence-corrected chi connectivity index (χ2v) is 4.48. The van der Waals surface area contributed by atoms with Crippen molar-refractivity contribution in [1.29, 1.82) is 0 Å². The maximum Gasteiger partial charge on any atom is 0.433 e. The highest BCUT2D eigenvalue weighted by molar-refractivity contribution is 5.86. The van der Waals surface area contributed by atoms with Gasteiger partial charge in [-0.25, -0.2) is 4.79 Å². The average molecular weight is 255 g/mol. The van der Waals surface area contributed by atoms with Crippen LogP contribution in [0.15, 0.2) is 16.5 Å². The Morgan fingerprint density at radius 3 is 3.00 bits per heavy atom. The monoisotopic (exact) mass is 255 g/mol. The van der Waals surface area contributed by atoms with Crippen molar-refractivity contribution in [2.45, 2.75) is 18.9 Å². The molecule has 0 radical (unpaired) electrons. The van der Waals surface area contributed by atoms with Gasteiger partial charge in [-0.15, -0.1) is 0 Å². The van der Waals surface area contributed by atoms with Crippen molar-refractivity contribution in [2.24, 2.45) is 0 Å². The van der Waals surface area contributed by atoms with E-state index in [0.29, 0.717) is 0 Å². The maximum atomic E-state index is 11.7. The van der Waals surface area contributed by atoms with Crippen molar-refractivity contribution < 1.29 is 23.8 Å². The third kappa shape index (κ3) is 2.86. The van der Waals surface area contributed by atoms with Crippen LogP contribution in [0.5, 0.6) is 0 Å². The smallest absolute Gasteiger partial charge is 0.433 e. The SMILES string of the molecule is C[NH+]1CCC[C@H](OC(=O)c2ccc([N+](=O)[O-])o2)C1. The molecule has 1 aromatic rings. The second-order valence-electron chi connectivity index (χ2n) is 4.48. The van der Waals surface area contributed by atoms with Crippen molar-refractivity contribution in [3.63, 3.8) is 0 Å². The summed E-state index contributed by atoms with van der Waals surface area (Å²) in [6.07, 6.45) is 1.68. The van der Waals surface area contributed by atoms with Crippen LogP contribution in [0.25, 0.3) is 0 Å². The van der Waals surface area contributed by atoms with Crippen LogP contribution in [0.4, 0.5) is 5.88 Å². The second kappa shape index (κ2) is 5.18. The van der Waals surface area contributed by atoms with E-state index in [2.05, 4.69) is 0 Å². The molecule has 0 saturated carbocycles. The molecule has 18 heavy (non-hydrogen) atoms. The van der Waals surface area contributed by atoms with Gasteiger partial charge in [-0.1, -0.05) is 0 Å². The van der Waals surface area contributed by atoms with Crippen molar-refractivity contribution in [2.75, 3.05) is 20.1 Å². The number of hydrogen-bond acceptors (Lipinski definition) is 5. The molecule has 1 N–H and O–H groups in total. The Morgan fingerprint density at radius 1 is 1.61 bits per heavy atom. The van der Waals surface area contributed by atoms with Crippen LogP contribution in [0.3, 0.4) is 0 Å². The Kier molecular flexibility index (Phi) is 3.61. The van der Waals surface area contributed by atoms with Crippen molar-refractivity contribution in [1.82, 2.24) is 0 Å². The first-order chi connectivity index (χ1) is 8.56. The van der Waals surface area contributed by atoms with Gasteiger partial charge in [0.15, 0.2) is 6.10 Å². The zero-order valence-electron chi connectivity index (χ0n) is 10.0. The van der Waals surface area contributed by atoms with E-state index in [4.69, 9.17) is 9.15 Å². The predicted octanol–water partition coefficient (Wildman–Crippen LogP) is 0.0217. The molecule has 1 unspecified atom stereocenters. The summed E-state index contributed by atoms with van der Waals surface area (Å²) in [5.41, 5.74) is 0. The number of rotatable bonds is 3. The Bertz CT molecular complexity index is 456. The molecule has 2 rings (SSSR count). The van der Waals surface area contributed by atoms with E-state index in [1.165, 1.54) is 11.0 Å². The molecule has 7 heteroatoms. The minimum atomic E-state index is -0.685. The number of carbonyl (C=O) groups excluding carboxylic acids is 1. The van der Waals surface area contributed by atoms with Crippen LogP contribution >= 0.6 is 0 Å². The number of furan rings is 1. The van der Waals surface area contributed by atoms with Gasteiger partial charge in [-0.05, 0) is 12.5 Å². The molecular formula is C11H15N2O5+. The standard InChI is InChI=1S/C11H14N2O5/c1-12-6-2-3-8(7-12)17-11(14)9-4-5-10(18-9)13(15)16/h4-5,8H,2-3,6-7H2,1H3/p+1/t8-/m0/s1. The number of ether oxygens (including phenoxy) is 1. The first-order valence-electron chi connectivity index (χ1n) is 5.83. The average Bonchev–Trinajstić information content (AvgIpc) is 2.78. The number of carbonyl (C=O) groups is 1. The topological polar surface area (TPSA) is 87.0 Å². The molecule has 2 atom stereocenters. The lowest BCUT2D eigenvalue weighted by Crippen LogP contribution is -3.11. The molecule has 1 aliphatic rings. The lowest BCUT2D eigenvalue weighted by Gasteiger charge is -2.26. The number of nitrogens with zero attached hydrogens (tertiary/aromatic N) is 1. The number of likely N-dealkylation sites (N-methyl/N-ethyl adjacent to an activating group) is 1. The largest absolute Gasteiger partial charge is 0.451 e. The minimum Gasteiger partial charge on any atom is -0.451 e. The van der Waals surface area contributed by atoms with Crippen LogP contribution in [0.2, 0.25) is 0 Å². The third-order valence-corrected chi connectivity index (χ3v) is 2.95. The van der Waals surface area contributed by atoms with Gasteiger partial charge in [0.2, 0.25) is 5.76 Å². The summed E-state index contributed by atoms with van der Waals surface area (Å²) in [5.74, 6) is -1.21. The van der Waals surface area contributed by atoms with E-state index >= 15 is 0 Å². The number of nitrogens with one attached hydrogen (secondary N) is 1. The number of esters is 1. The van der Waals surface area contributed by atoms with Crippen LogP contribution in [0, 0.1) is 10.1 Å². The number of quaternary nitrogens is 1. The fourth-order valence-electron chi connectivity index (χ4n) is 2.07. The number of piperidine rings is 1. The molecular weight excluding hydrogens is 240 g/mol. The van der Waals surface area contributed by atoms with Crippen molar-refractivity contribution >= 4 is 11.9 Å². The molecule has 1 saturated heterocycles. The first-order valence-corrected chi connectivity index (χ1v) is 5.83. The molecule has 2 heterocycles. The molecule has 0 aromatic carbocycles. The minimum absolute atomic E-state index is 0.120. The molecule has 1 aliphatic heterocycles. The van der Waals surface area contributed by atoms with E-state index in [1.807, 2.05) is 7.05 Å². The Balaban J connectivity index is 1.96. The van der Waals surface area contributed by atoms with Crippen LogP contribution < -0.4 is 4.90 Å². The fraction of sp³-hybridized carbons (Fsp3) is 0.545. The van der Waals surface area contributed by atoms with Gasteiger partial charge in [0, 0.05) is 6.42 Å². The summed E-state index contributed by atoms with van der Waals surface area (Å²) >= 11 is 0. The van der Waals surface area contributed by atoms with Gasteiger partial charge in [0.05, 0.1) is 19.7 Å². The Hall–Kier alpha value is -1.89. The van der Waals surface area contributed by atoms with E-state index in [0.717, 1.165) is 32.0 Å². The first kappa shape index (κ1) is 12.6. The predicted molar refractivity (Wildman–Crippen MR) is 60.4 cm³/mol. The lowest BCUT2D eigenvalue weighted by atomic mass is 10.1. The molecule has 0 amide bonds. The van der Waals surface area contributed by atoms with Crippen LogP contribution in [0.1, 0.15) is 23.4 Å². The normalized spacial score (nSPS) is 23.6. The number of hydrogen-bond donors (Lipinski definition) is 1. The van der Waals surface area contributed by atoms with Gasteiger partial charge >= 0.3 is 11.9 Å². The highest BCUT2D eigenvalue weighted by atomic mass is 16.7. The number of nitro groups is 1. The summed E-state index contributed by atoms with van der Waals surface area (Å²) in [4.78, 5) is 22.8. The van der Waals surface area contributed by atoms with Gasteiger partial charge in [-0.2, -0.15) is 0 Å². The zero-order chi connectivity index (χ0) is 13.1. The summed E-state index contributed by atoms with van der Waals surface area (Å²) in [7, 11) is 2.04. The van der Waals surface area contributed by atoms with E-state index in [9.17, 15) is 14.9 Å². The summed E-state index contributed by atoms with van der Waals surface area (Å²) in [5, 5.41) is 10.4. The Labute approximate surface area is 103 Å². The van der Waals surface area contributed by atoms with Crippen LogP contribution in [-0.4, -0.2) is 37.1 Å². The molecule has 0 spiro atoms. The zero-order valence-corrected chi connectivity index (χ0v) is 10.0. The summed E-state index contributed by atoms with van der Waals surface area (Å²) < 4.78 is 10.1. The lowest BCUT2D eigenvalue weighted by molar-refractivity contribution is -0.888. The molecule has 98 valence electrons. The van der Waals surface area contributed by atoms with Gasteiger partial charge < -0.3 is 14.1 Å². The molecule has 1 aromatic heterocycles. The Morgan fingerprint density at radius 2 is 2.39 bits per heavy atom. The van der Waals surface area contributed by atoms with E-state index < -0.39 is 16.8 Å². The van der Waals surface area contributed by atoms with Gasteiger partial charge in [-0.3, -0.25) is 10.1 Å². The molecule has 1 fully saturated rings. The van der Waals surface area contributed by atoms with Crippen LogP contribution in [-0.2, 0) is 4.74 Å². The molecule has 7 nitrogen and oxygen atoms in total. The van der Waals surface area contributed by atoms with Crippen molar-refractivity contribution in [3.8, 4) is 0 Å². The third-order valence-electron chi connectivity index (χ3n) is 2.95. The highest BCUT2D eigenvalue weighted by Gasteiger charge is 2.26. The summed E-state index contributed by atoms with van der Waals surface area (Å²) in [6.45, 7) is 1.83. The molecule has 0 bridgehead atoms. The van der Waals surface area contributed by atoms with Crippen molar-refractivity contribution in [3.05, 3.63) is 28.0 Å². The maximum absolute atomic E-state index is 11.7. The highest BCUT2D eigenvalue weighted by Crippen LogP contribution is 2.17. The van der Waals surface area contributed by atoms with E-state index in [-0.39, 0.29) is 11.9 Å². The summed E-state index contributed by atoms with van der Waals surface area (Å²) in [6, 6.07) is 2.41. The quantitative estimate of drug-likeness (QED) is 0.467.